The predicted molar refractivity (Wildman–Crippen MR) is 191 cm³/mol. The first-order chi connectivity index (χ1) is 24.2. The van der Waals surface area contributed by atoms with Gasteiger partial charge in [-0.25, -0.2) is 4.79 Å². The Kier molecular flexibility index (Phi) is 11.0. The molecule has 3 aromatic carbocycles. The molecule has 1 spiro atoms. The van der Waals surface area contributed by atoms with Crippen molar-refractivity contribution < 1.29 is 23.9 Å². The van der Waals surface area contributed by atoms with E-state index in [4.69, 9.17) is 4.74 Å². The number of hydrogen-bond donors (Lipinski definition) is 3. The van der Waals surface area contributed by atoms with Crippen LogP contribution in [0.5, 0.6) is 5.75 Å². The van der Waals surface area contributed by atoms with Gasteiger partial charge in [0.25, 0.3) is 0 Å². The third-order valence-corrected chi connectivity index (χ3v) is 10.5. The van der Waals surface area contributed by atoms with Gasteiger partial charge >= 0.3 is 6.03 Å². The quantitative estimate of drug-likeness (QED) is 0.370. The molecule has 3 N–H and O–H groups in total. The molecule has 4 atom stereocenters. The molecule has 2 aliphatic heterocycles. The van der Waals surface area contributed by atoms with Crippen molar-refractivity contribution >= 4 is 23.8 Å². The summed E-state index contributed by atoms with van der Waals surface area (Å²) < 4.78 is 6.16. The number of urea groups is 1. The smallest absolute Gasteiger partial charge is 0.319 e. The molecule has 4 bridgehead atoms. The number of carbonyl (C=O) groups excluding carboxylic acids is 4. The van der Waals surface area contributed by atoms with Crippen molar-refractivity contribution in [3.05, 3.63) is 101 Å². The van der Waals surface area contributed by atoms with E-state index < -0.39 is 17.5 Å². The van der Waals surface area contributed by atoms with Crippen LogP contribution in [-0.4, -0.2) is 78.4 Å². The Morgan fingerprint density at radius 3 is 2.44 bits per heavy atom. The Labute approximate surface area is 294 Å². The van der Waals surface area contributed by atoms with Crippen LogP contribution in [0, 0.1) is 18.8 Å². The molecule has 5 amide bonds. The number of aryl methyl sites for hydroxylation is 1. The van der Waals surface area contributed by atoms with Crippen LogP contribution in [0.4, 0.5) is 4.79 Å². The van der Waals surface area contributed by atoms with E-state index in [9.17, 15) is 19.2 Å². The Morgan fingerprint density at radius 1 is 0.940 bits per heavy atom. The molecule has 3 unspecified atom stereocenters. The molecule has 0 aromatic heterocycles. The third kappa shape index (κ3) is 8.64. The maximum atomic E-state index is 14.2. The van der Waals surface area contributed by atoms with Crippen molar-refractivity contribution in [3.8, 4) is 5.75 Å². The van der Waals surface area contributed by atoms with Gasteiger partial charge in [0.1, 0.15) is 17.3 Å². The summed E-state index contributed by atoms with van der Waals surface area (Å²) in [6.45, 7) is 4.43. The molecule has 50 heavy (non-hydrogen) atoms. The number of ether oxygens (including phenoxy) is 1. The van der Waals surface area contributed by atoms with Crippen LogP contribution in [0.25, 0.3) is 0 Å². The zero-order valence-electron chi connectivity index (χ0n) is 29.2. The van der Waals surface area contributed by atoms with Crippen LogP contribution < -0.4 is 20.7 Å². The number of rotatable bonds is 5. The summed E-state index contributed by atoms with van der Waals surface area (Å²) in [5.41, 5.74) is 2.74. The van der Waals surface area contributed by atoms with Crippen LogP contribution in [0.2, 0.25) is 0 Å². The summed E-state index contributed by atoms with van der Waals surface area (Å²) >= 11 is 0. The summed E-state index contributed by atoms with van der Waals surface area (Å²) in [5, 5.41) is 9.17. The van der Waals surface area contributed by atoms with E-state index in [0.29, 0.717) is 45.0 Å². The number of hydrogen-bond acceptors (Lipinski definition) is 5. The molecule has 264 valence electrons. The van der Waals surface area contributed by atoms with Crippen LogP contribution in [0.15, 0.2) is 78.9 Å². The lowest BCUT2D eigenvalue weighted by atomic mass is 9.95. The van der Waals surface area contributed by atoms with E-state index in [0.717, 1.165) is 47.3 Å². The summed E-state index contributed by atoms with van der Waals surface area (Å²) in [6, 6.07) is 24.2. The number of fused-ring (bicyclic) bond motifs is 4. The summed E-state index contributed by atoms with van der Waals surface area (Å²) in [5.74, 6) is -0.0505. The average molecular weight is 680 g/mol. The minimum Gasteiger partial charge on any atom is -0.494 e. The van der Waals surface area contributed by atoms with E-state index in [1.165, 1.54) is 0 Å². The first-order valence-corrected chi connectivity index (χ1v) is 17.9. The predicted octanol–water partition coefficient (Wildman–Crippen LogP) is 4.39. The standard InChI is InChI=1S/C40H49N5O5/c1-28-15-16-34-24-32(28)26-41-38(48)40(25-33(40)22-29-10-5-3-6-11-29)43-37(47)35(42-36(46)23-30-12-7-4-8-13-30)17-20-44(2)39(49)45-19-9-14-31(27-45)18-21-50-34/h3-8,10-13,15-16,24,31,33,35H,9,14,17-23,25-27H2,1-2H3,(H,41,48)(H,42,46)(H,43,47)/t31?,33?,35-,40?/m0/s1. The minimum absolute atomic E-state index is 0.0936. The van der Waals surface area contributed by atoms with Crippen LogP contribution in [-0.2, 0) is 33.8 Å². The lowest BCUT2D eigenvalue weighted by molar-refractivity contribution is -0.133. The van der Waals surface area contributed by atoms with Crippen LogP contribution in [0.1, 0.15) is 54.4 Å². The van der Waals surface area contributed by atoms with E-state index in [1.807, 2.05) is 90.7 Å². The van der Waals surface area contributed by atoms with Gasteiger partial charge in [-0.3, -0.25) is 14.4 Å². The molecule has 10 nitrogen and oxygen atoms in total. The Bertz CT molecular complexity index is 1670. The van der Waals surface area contributed by atoms with Gasteiger partial charge in [-0.15, -0.1) is 0 Å². The van der Waals surface area contributed by atoms with Crippen molar-refractivity contribution in [1.29, 1.82) is 0 Å². The lowest BCUT2D eigenvalue weighted by Gasteiger charge is -2.35. The fourth-order valence-corrected chi connectivity index (χ4v) is 7.30. The molecule has 1 aliphatic carbocycles. The number of piperidine rings is 1. The number of nitrogens with one attached hydrogen (secondary N) is 3. The first kappa shape index (κ1) is 35.0. The van der Waals surface area contributed by atoms with E-state index in [2.05, 4.69) is 16.0 Å². The van der Waals surface area contributed by atoms with Gasteiger partial charge in [0.15, 0.2) is 0 Å². The number of benzene rings is 3. The van der Waals surface area contributed by atoms with E-state index in [-0.39, 0.29) is 43.1 Å². The number of amides is 5. The zero-order chi connectivity index (χ0) is 35.1. The van der Waals surface area contributed by atoms with Crippen LogP contribution in [0.3, 0.4) is 0 Å². The highest BCUT2D eigenvalue weighted by molar-refractivity contribution is 5.97. The largest absolute Gasteiger partial charge is 0.494 e. The summed E-state index contributed by atoms with van der Waals surface area (Å²) in [6.07, 6.45) is 4.19. The lowest BCUT2D eigenvalue weighted by Crippen LogP contribution is -2.57. The Balaban J connectivity index is 1.27. The number of carbonyl (C=O) groups is 4. The van der Waals surface area contributed by atoms with Gasteiger partial charge in [0.05, 0.1) is 13.0 Å². The maximum absolute atomic E-state index is 14.2. The van der Waals surface area contributed by atoms with Gasteiger partial charge < -0.3 is 30.5 Å². The fraction of sp³-hybridized carbons (Fsp3) is 0.450. The summed E-state index contributed by atoms with van der Waals surface area (Å²) in [7, 11) is 1.74. The van der Waals surface area contributed by atoms with E-state index >= 15 is 0 Å². The zero-order valence-corrected chi connectivity index (χ0v) is 29.2. The second-order valence-corrected chi connectivity index (χ2v) is 14.2. The average Bonchev–Trinajstić information content (AvgIpc) is 3.82. The molecule has 0 radical (unpaired) electrons. The molecule has 6 rings (SSSR count). The Hall–Kier alpha value is -4.86. The van der Waals surface area contributed by atoms with E-state index in [1.54, 1.807) is 11.9 Å². The highest BCUT2D eigenvalue weighted by Gasteiger charge is 2.61. The molecule has 1 saturated heterocycles. The fourth-order valence-electron chi connectivity index (χ4n) is 7.30. The van der Waals surface area contributed by atoms with Crippen molar-refractivity contribution in [2.24, 2.45) is 11.8 Å². The van der Waals surface area contributed by atoms with Crippen molar-refractivity contribution in [2.75, 3.05) is 33.3 Å². The van der Waals surface area contributed by atoms with Crippen molar-refractivity contribution in [1.82, 2.24) is 25.8 Å². The normalized spacial score (nSPS) is 24.8. The number of nitrogens with zero attached hydrogens (tertiary/aromatic N) is 2. The van der Waals surface area contributed by atoms with Gasteiger partial charge in [-0.05, 0) is 91.7 Å². The minimum atomic E-state index is -1.14. The molecular formula is C40H49N5O5. The third-order valence-electron chi connectivity index (χ3n) is 10.5. The molecule has 3 aliphatic rings. The van der Waals surface area contributed by atoms with Gasteiger partial charge in [0, 0.05) is 33.2 Å². The second kappa shape index (κ2) is 15.8. The Morgan fingerprint density at radius 2 is 1.68 bits per heavy atom. The molecular weight excluding hydrogens is 630 g/mol. The topological polar surface area (TPSA) is 120 Å². The van der Waals surface area contributed by atoms with Crippen LogP contribution >= 0.6 is 0 Å². The van der Waals surface area contributed by atoms with Crippen molar-refractivity contribution in [3.63, 3.8) is 0 Å². The van der Waals surface area contributed by atoms with Gasteiger partial charge in [0.2, 0.25) is 17.7 Å². The molecule has 2 fully saturated rings. The molecule has 3 aromatic rings. The second-order valence-electron chi connectivity index (χ2n) is 14.2. The molecule has 1 saturated carbocycles. The SMILES string of the molecule is Cc1ccc2cc1CNC(=O)C1(CC1Cc1ccccc1)NC(=O)[C@@H](NC(=O)Cc1ccccc1)CCN(C)C(=O)N1CCCC(CCO2)C1. The first-order valence-electron chi connectivity index (χ1n) is 17.9. The molecule has 2 heterocycles. The monoisotopic (exact) mass is 679 g/mol. The van der Waals surface area contributed by atoms with Gasteiger partial charge in [-0.1, -0.05) is 66.7 Å². The van der Waals surface area contributed by atoms with Gasteiger partial charge in [-0.2, -0.15) is 0 Å². The highest BCUT2D eigenvalue weighted by Crippen LogP contribution is 2.46. The maximum Gasteiger partial charge on any atom is 0.319 e. The highest BCUT2D eigenvalue weighted by atomic mass is 16.5. The molecule has 10 heteroatoms. The van der Waals surface area contributed by atoms with Crippen molar-refractivity contribution in [2.45, 2.75) is 70.0 Å². The summed E-state index contributed by atoms with van der Waals surface area (Å²) in [4.78, 5) is 58.7.